The number of hydrogen-bond donors (Lipinski definition) is 1. The normalized spacial score (nSPS) is 15.5. The van der Waals surface area contributed by atoms with Crippen molar-refractivity contribution in [1.29, 1.82) is 5.26 Å². The Labute approximate surface area is 196 Å². The molecule has 4 rings (SSSR count). The van der Waals surface area contributed by atoms with Crippen molar-refractivity contribution in [2.45, 2.75) is 25.4 Å². The minimum Gasteiger partial charge on any atom is -0.370 e. The lowest BCUT2D eigenvalue weighted by Gasteiger charge is -2.29. The van der Waals surface area contributed by atoms with Gasteiger partial charge in [-0.25, -0.2) is 0 Å². The molecule has 1 amide bonds. The number of benzene rings is 3. The van der Waals surface area contributed by atoms with Gasteiger partial charge in [-0.3, -0.25) is 9.69 Å². The highest BCUT2D eigenvalue weighted by atomic mass is 16.2. The van der Waals surface area contributed by atoms with Gasteiger partial charge in [0.15, 0.2) is 0 Å². The monoisotopic (exact) mass is 438 g/mol. The molecule has 0 aromatic heterocycles. The molecule has 168 valence electrons. The van der Waals surface area contributed by atoms with E-state index in [0.717, 1.165) is 49.4 Å². The third kappa shape index (κ3) is 5.60. The van der Waals surface area contributed by atoms with Crippen LogP contribution >= 0.6 is 0 Å². The van der Waals surface area contributed by atoms with E-state index in [0.29, 0.717) is 5.56 Å². The molecule has 1 heterocycles. The number of nitrogens with one attached hydrogen (secondary N) is 1. The predicted molar refractivity (Wildman–Crippen MR) is 132 cm³/mol. The average molecular weight is 439 g/mol. The summed E-state index contributed by atoms with van der Waals surface area (Å²) in [5.74, 6) is 0.0412. The first kappa shape index (κ1) is 22.6. The maximum Gasteiger partial charge on any atom is 0.237 e. The molecule has 1 aliphatic rings. The highest BCUT2D eigenvalue weighted by Gasteiger charge is 2.26. The van der Waals surface area contributed by atoms with Gasteiger partial charge in [0.25, 0.3) is 0 Å². The quantitative estimate of drug-likeness (QED) is 0.621. The van der Waals surface area contributed by atoms with Crippen LogP contribution in [0.15, 0.2) is 84.9 Å². The van der Waals surface area contributed by atoms with Crippen molar-refractivity contribution in [1.82, 2.24) is 10.2 Å². The van der Waals surface area contributed by atoms with Crippen LogP contribution in [0.25, 0.3) is 0 Å². The van der Waals surface area contributed by atoms with Crippen LogP contribution in [0.4, 0.5) is 5.69 Å². The van der Waals surface area contributed by atoms with Crippen LogP contribution in [-0.4, -0.2) is 43.0 Å². The van der Waals surface area contributed by atoms with Crippen LogP contribution in [0, 0.1) is 11.3 Å². The third-order valence-electron chi connectivity index (χ3n) is 6.37. The molecule has 1 saturated heterocycles. The van der Waals surface area contributed by atoms with E-state index in [1.807, 2.05) is 67.6 Å². The highest BCUT2D eigenvalue weighted by Crippen LogP contribution is 2.23. The van der Waals surface area contributed by atoms with Gasteiger partial charge in [-0.05, 0) is 48.7 Å². The Kier molecular flexibility index (Phi) is 7.39. The number of hydrogen-bond acceptors (Lipinski definition) is 4. The van der Waals surface area contributed by atoms with Gasteiger partial charge in [0.2, 0.25) is 5.91 Å². The summed E-state index contributed by atoms with van der Waals surface area (Å²) >= 11 is 0. The molecule has 0 spiro atoms. The Morgan fingerprint density at radius 3 is 2.03 bits per heavy atom. The van der Waals surface area contributed by atoms with Crippen molar-refractivity contribution in [2.24, 2.45) is 0 Å². The summed E-state index contributed by atoms with van der Waals surface area (Å²) in [6, 6.07) is 29.8. The molecule has 33 heavy (non-hydrogen) atoms. The smallest absolute Gasteiger partial charge is 0.237 e. The van der Waals surface area contributed by atoms with Gasteiger partial charge in [0, 0.05) is 31.9 Å². The first-order chi connectivity index (χ1) is 16.2. The van der Waals surface area contributed by atoms with Crippen molar-refractivity contribution >= 4 is 11.6 Å². The number of carbonyl (C=O) groups is 1. The van der Waals surface area contributed by atoms with E-state index >= 15 is 0 Å². The fourth-order valence-electron chi connectivity index (χ4n) is 4.41. The average Bonchev–Trinajstić information content (AvgIpc) is 3.14. The molecule has 3 aromatic rings. The number of rotatable bonds is 6. The number of nitriles is 1. The Hall–Kier alpha value is -3.62. The van der Waals surface area contributed by atoms with Gasteiger partial charge in [-0.15, -0.1) is 0 Å². The fraction of sp³-hybridized carbons (Fsp3) is 0.286. The van der Waals surface area contributed by atoms with Crippen molar-refractivity contribution in [3.63, 3.8) is 0 Å². The minimum atomic E-state index is -0.221. The molecule has 0 aliphatic carbocycles. The molecule has 1 N–H and O–H groups in total. The topological polar surface area (TPSA) is 59.4 Å². The first-order valence-corrected chi connectivity index (χ1v) is 11.5. The van der Waals surface area contributed by atoms with E-state index in [2.05, 4.69) is 45.5 Å². The lowest BCUT2D eigenvalue weighted by molar-refractivity contribution is -0.126. The number of nitrogens with zero attached hydrogens (tertiary/aromatic N) is 3. The Morgan fingerprint density at radius 2 is 1.45 bits per heavy atom. The van der Waals surface area contributed by atoms with Crippen LogP contribution in [0.1, 0.15) is 36.1 Å². The molecule has 3 aromatic carbocycles. The molecule has 0 saturated carbocycles. The second-order valence-corrected chi connectivity index (χ2v) is 8.47. The van der Waals surface area contributed by atoms with Gasteiger partial charge < -0.3 is 10.2 Å². The van der Waals surface area contributed by atoms with E-state index < -0.39 is 0 Å². The Balaban J connectivity index is 1.43. The fourth-order valence-corrected chi connectivity index (χ4v) is 4.41. The van der Waals surface area contributed by atoms with Gasteiger partial charge in [-0.2, -0.15) is 5.26 Å². The standard InChI is InChI=1S/C28H30N4O/c1-22(31-17-8-18-32(20-19-31)26-15-13-23(21-29)14-16-26)28(33)30-27(24-9-4-2-5-10-24)25-11-6-3-7-12-25/h2-7,9-16,22,27H,8,17-20H2,1H3,(H,30,33). The number of anilines is 1. The maximum atomic E-state index is 13.3. The molecule has 0 radical (unpaired) electrons. The first-order valence-electron chi connectivity index (χ1n) is 11.5. The second kappa shape index (κ2) is 10.8. The van der Waals surface area contributed by atoms with E-state index in [4.69, 9.17) is 5.26 Å². The van der Waals surface area contributed by atoms with Gasteiger partial charge in [0.05, 0.1) is 23.7 Å². The van der Waals surface area contributed by atoms with E-state index in [-0.39, 0.29) is 18.0 Å². The number of carbonyl (C=O) groups excluding carboxylic acids is 1. The highest BCUT2D eigenvalue weighted by molar-refractivity contribution is 5.82. The zero-order chi connectivity index (χ0) is 23.0. The van der Waals surface area contributed by atoms with E-state index in [1.165, 1.54) is 0 Å². The zero-order valence-corrected chi connectivity index (χ0v) is 19.0. The third-order valence-corrected chi connectivity index (χ3v) is 6.37. The molecule has 1 atom stereocenters. The van der Waals surface area contributed by atoms with E-state index in [9.17, 15) is 4.79 Å². The van der Waals surface area contributed by atoms with Crippen molar-refractivity contribution < 1.29 is 4.79 Å². The summed E-state index contributed by atoms with van der Waals surface area (Å²) in [5.41, 5.74) is 3.95. The summed E-state index contributed by atoms with van der Waals surface area (Å²) in [4.78, 5) is 17.9. The summed E-state index contributed by atoms with van der Waals surface area (Å²) in [6.07, 6.45) is 0.985. The van der Waals surface area contributed by atoms with Gasteiger partial charge >= 0.3 is 0 Å². The van der Waals surface area contributed by atoms with Crippen LogP contribution < -0.4 is 10.2 Å². The summed E-state index contributed by atoms with van der Waals surface area (Å²) in [6.45, 7) is 5.48. The Bertz CT molecular complexity index is 1040. The van der Waals surface area contributed by atoms with Crippen molar-refractivity contribution in [3.8, 4) is 6.07 Å². The predicted octanol–water partition coefficient (Wildman–Crippen LogP) is 4.36. The molecular formula is C28H30N4O. The van der Waals surface area contributed by atoms with Crippen LogP contribution in [0.3, 0.4) is 0 Å². The molecule has 1 aliphatic heterocycles. The molecule has 1 fully saturated rings. The summed E-state index contributed by atoms with van der Waals surface area (Å²) in [5, 5.41) is 12.3. The summed E-state index contributed by atoms with van der Waals surface area (Å²) < 4.78 is 0. The molecule has 1 unspecified atom stereocenters. The lowest BCUT2D eigenvalue weighted by atomic mass is 9.98. The van der Waals surface area contributed by atoms with Crippen LogP contribution in [0.2, 0.25) is 0 Å². The van der Waals surface area contributed by atoms with Crippen LogP contribution in [0.5, 0.6) is 0 Å². The summed E-state index contributed by atoms with van der Waals surface area (Å²) in [7, 11) is 0. The van der Waals surface area contributed by atoms with Crippen LogP contribution in [-0.2, 0) is 4.79 Å². The maximum absolute atomic E-state index is 13.3. The second-order valence-electron chi connectivity index (χ2n) is 8.47. The minimum absolute atomic E-state index is 0.0412. The largest absolute Gasteiger partial charge is 0.370 e. The number of amides is 1. The Morgan fingerprint density at radius 1 is 0.848 bits per heavy atom. The zero-order valence-electron chi connectivity index (χ0n) is 19.0. The van der Waals surface area contributed by atoms with E-state index in [1.54, 1.807) is 0 Å². The SMILES string of the molecule is CC(C(=O)NC(c1ccccc1)c1ccccc1)N1CCCN(c2ccc(C#N)cc2)CC1. The molecule has 0 bridgehead atoms. The van der Waals surface area contributed by atoms with Gasteiger partial charge in [0.1, 0.15) is 0 Å². The molecular weight excluding hydrogens is 408 g/mol. The molecule has 5 heteroatoms. The van der Waals surface area contributed by atoms with Crippen molar-refractivity contribution in [3.05, 3.63) is 102 Å². The van der Waals surface area contributed by atoms with Crippen molar-refractivity contribution in [2.75, 3.05) is 31.1 Å². The van der Waals surface area contributed by atoms with Gasteiger partial charge in [-0.1, -0.05) is 60.7 Å². The molecule has 5 nitrogen and oxygen atoms in total. The lowest BCUT2D eigenvalue weighted by Crippen LogP contribution is -2.47.